The van der Waals surface area contributed by atoms with Crippen LogP contribution in [0.15, 0.2) is 24.8 Å². The average molecular weight is 124 g/mol. The van der Waals surface area contributed by atoms with E-state index >= 15 is 0 Å². The molecule has 0 aliphatic heterocycles. The number of hydrogen-bond acceptors (Lipinski definition) is 0. The summed E-state index contributed by atoms with van der Waals surface area (Å²) in [6.07, 6.45) is 1.97. The van der Waals surface area contributed by atoms with Crippen LogP contribution in [-0.4, -0.2) is 0 Å². The molecule has 0 aliphatic carbocycles. The molecule has 52 valence electrons. The van der Waals surface area contributed by atoms with Crippen molar-refractivity contribution >= 4 is 0 Å². The van der Waals surface area contributed by atoms with E-state index in [-0.39, 0.29) is 0 Å². The van der Waals surface area contributed by atoms with Crippen LogP contribution in [0.4, 0.5) is 0 Å². The molecule has 0 aromatic carbocycles. The van der Waals surface area contributed by atoms with Crippen LogP contribution < -0.4 is 0 Å². The Hall–Kier alpha value is -0.520. The minimum absolute atomic E-state index is 0.491. The molecule has 0 heterocycles. The van der Waals surface area contributed by atoms with Gasteiger partial charge in [-0.05, 0) is 18.8 Å². The van der Waals surface area contributed by atoms with Gasteiger partial charge in [0.2, 0.25) is 0 Å². The molecule has 0 amide bonds. The van der Waals surface area contributed by atoms with Crippen LogP contribution in [0.3, 0.4) is 0 Å². The third-order valence-corrected chi connectivity index (χ3v) is 1.54. The van der Waals surface area contributed by atoms with Gasteiger partial charge in [-0.25, -0.2) is 0 Å². The van der Waals surface area contributed by atoms with E-state index in [4.69, 9.17) is 0 Å². The van der Waals surface area contributed by atoms with E-state index in [0.717, 1.165) is 0 Å². The molecule has 0 aliphatic rings. The molecule has 0 saturated carbocycles. The molecule has 0 nitrogen and oxygen atoms in total. The lowest BCUT2D eigenvalue weighted by molar-refractivity contribution is 0.528. The van der Waals surface area contributed by atoms with Crippen molar-refractivity contribution in [2.75, 3.05) is 0 Å². The molecule has 0 saturated heterocycles. The van der Waals surface area contributed by atoms with Gasteiger partial charge in [0, 0.05) is 0 Å². The number of allylic oxidation sites excluding steroid dienone is 2. The van der Waals surface area contributed by atoms with Gasteiger partial charge in [-0.2, -0.15) is 0 Å². The summed E-state index contributed by atoms with van der Waals surface area (Å²) in [4.78, 5) is 0. The van der Waals surface area contributed by atoms with Crippen LogP contribution in [0.5, 0.6) is 0 Å². The SMILES string of the molecule is C=CC(C(=C)C)C(C)C. The second kappa shape index (κ2) is 3.49. The Balaban J connectivity index is 3.98. The Labute approximate surface area is 58.3 Å². The maximum Gasteiger partial charge on any atom is -0.000838 e. The Morgan fingerprint density at radius 2 is 1.89 bits per heavy atom. The Kier molecular flexibility index (Phi) is 3.29. The maximum atomic E-state index is 3.88. The summed E-state index contributed by atoms with van der Waals surface area (Å²) >= 11 is 0. The first-order valence-corrected chi connectivity index (χ1v) is 3.37. The van der Waals surface area contributed by atoms with Crippen molar-refractivity contribution in [1.82, 2.24) is 0 Å². The highest BCUT2D eigenvalue weighted by molar-refractivity contribution is 5.05. The number of hydrogen-bond donors (Lipinski definition) is 0. The van der Waals surface area contributed by atoms with Gasteiger partial charge < -0.3 is 0 Å². The van der Waals surface area contributed by atoms with Crippen LogP contribution in [0.2, 0.25) is 0 Å². The molecule has 9 heavy (non-hydrogen) atoms. The largest absolute Gasteiger partial charge is 0.102 e. The second-order valence-corrected chi connectivity index (χ2v) is 2.85. The molecular weight excluding hydrogens is 108 g/mol. The molecule has 0 spiro atoms. The van der Waals surface area contributed by atoms with Crippen LogP contribution >= 0.6 is 0 Å². The van der Waals surface area contributed by atoms with Crippen molar-refractivity contribution in [1.29, 1.82) is 0 Å². The summed E-state index contributed by atoms with van der Waals surface area (Å²) in [5.74, 6) is 1.13. The summed E-state index contributed by atoms with van der Waals surface area (Å²) in [7, 11) is 0. The highest BCUT2D eigenvalue weighted by atomic mass is 14.1. The molecule has 0 aromatic heterocycles. The molecule has 0 aromatic rings. The quantitative estimate of drug-likeness (QED) is 0.507. The second-order valence-electron chi connectivity index (χ2n) is 2.85. The molecule has 1 atom stereocenters. The van der Waals surface area contributed by atoms with Crippen LogP contribution in [0, 0.1) is 11.8 Å². The van der Waals surface area contributed by atoms with Crippen molar-refractivity contribution in [3.63, 3.8) is 0 Å². The van der Waals surface area contributed by atoms with Crippen molar-refractivity contribution in [3.8, 4) is 0 Å². The van der Waals surface area contributed by atoms with Crippen LogP contribution in [0.1, 0.15) is 20.8 Å². The van der Waals surface area contributed by atoms with Crippen molar-refractivity contribution in [3.05, 3.63) is 24.8 Å². The third kappa shape index (κ3) is 2.50. The van der Waals surface area contributed by atoms with Crippen molar-refractivity contribution < 1.29 is 0 Å². The molecule has 0 N–H and O–H groups in total. The highest BCUT2D eigenvalue weighted by Crippen LogP contribution is 2.18. The molecular formula is C9H16. The van der Waals surface area contributed by atoms with E-state index in [1.165, 1.54) is 5.57 Å². The van der Waals surface area contributed by atoms with Gasteiger partial charge in [0.1, 0.15) is 0 Å². The monoisotopic (exact) mass is 124 g/mol. The summed E-state index contributed by atoms with van der Waals surface area (Å²) in [5, 5.41) is 0. The van der Waals surface area contributed by atoms with Gasteiger partial charge in [-0.15, -0.1) is 6.58 Å². The first kappa shape index (κ1) is 8.48. The minimum atomic E-state index is 0.491. The molecule has 1 unspecified atom stereocenters. The van der Waals surface area contributed by atoms with Crippen molar-refractivity contribution in [2.45, 2.75) is 20.8 Å². The zero-order chi connectivity index (χ0) is 7.44. The molecule has 0 radical (unpaired) electrons. The van der Waals surface area contributed by atoms with Crippen LogP contribution in [0.25, 0.3) is 0 Å². The van der Waals surface area contributed by atoms with Gasteiger partial charge in [0.25, 0.3) is 0 Å². The molecule has 0 bridgehead atoms. The van der Waals surface area contributed by atoms with Crippen molar-refractivity contribution in [2.24, 2.45) is 11.8 Å². The smallest absolute Gasteiger partial charge is 0.000838 e. The van der Waals surface area contributed by atoms with Crippen LogP contribution in [-0.2, 0) is 0 Å². The molecule has 0 fully saturated rings. The van der Waals surface area contributed by atoms with Gasteiger partial charge in [0.15, 0.2) is 0 Å². The summed E-state index contributed by atoms with van der Waals surface area (Å²) in [6, 6.07) is 0. The Morgan fingerprint density at radius 1 is 1.44 bits per heavy atom. The average Bonchev–Trinajstić information content (AvgIpc) is 1.64. The Bertz CT molecular complexity index is 109. The first-order valence-electron chi connectivity index (χ1n) is 3.37. The third-order valence-electron chi connectivity index (χ3n) is 1.54. The van der Waals surface area contributed by atoms with Gasteiger partial charge in [-0.1, -0.05) is 32.1 Å². The topological polar surface area (TPSA) is 0 Å². The lowest BCUT2D eigenvalue weighted by atomic mass is 9.90. The lowest BCUT2D eigenvalue weighted by Gasteiger charge is -2.15. The number of rotatable bonds is 3. The normalized spacial score (nSPS) is 13.3. The predicted molar refractivity (Wildman–Crippen MR) is 43.3 cm³/mol. The molecule has 0 rings (SSSR count). The zero-order valence-electron chi connectivity index (χ0n) is 6.65. The fourth-order valence-electron chi connectivity index (χ4n) is 1.04. The summed E-state index contributed by atoms with van der Waals surface area (Å²) < 4.78 is 0. The zero-order valence-corrected chi connectivity index (χ0v) is 6.65. The fourth-order valence-corrected chi connectivity index (χ4v) is 1.04. The fraction of sp³-hybridized carbons (Fsp3) is 0.556. The van der Waals surface area contributed by atoms with Gasteiger partial charge >= 0.3 is 0 Å². The van der Waals surface area contributed by atoms with E-state index < -0.39 is 0 Å². The van der Waals surface area contributed by atoms with E-state index in [1.54, 1.807) is 0 Å². The highest BCUT2D eigenvalue weighted by Gasteiger charge is 2.07. The first-order chi connectivity index (χ1) is 4.09. The summed E-state index contributed by atoms with van der Waals surface area (Å²) in [5.41, 5.74) is 1.21. The Morgan fingerprint density at radius 3 is 1.89 bits per heavy atom. The lowest BCUT2D eigenvalue weighted by Crippen LogP contribution is -2.05. The predicted octanol–water partition coefficient (Wildman–Crippen LogP) is 3.02. The standard InChI is InChI=1S/C9H16/c1-6-9(7(2)3)8(4)5/h6,8-9H,1-2H2,3-5H3. The maximum absolute atomic E-state index is 3.88. The van der Waals surface area contributed by atoms with Gasteiger partial charge in [-0.3, -0.25) is 0 Å². The van der Waals surface area contributed by atoms with E-state index in [1.807, 2.05) is 13.0 Å². The van der Waals surface area contributed by atoms with Gasteiger partial charge in [0.05, 0.1) is 0 Å². The molecule has 0 heteroatoms. The minimum Gasteiger partial charge on any atom is -0.102 e. The van der Waals surface area contributed by atoms with E-state index in [9.17, 15) is 0 Å². The van der Waals surface area contributed by atoms with E-state index in [2.05, 4.69) is 27.0 Å². The summed E-state index contributed by atoms with van der Waals surface area (Å²) in [6.45, 7) is 14.0. The van der Waals surface area contributed by atoms with E-state index in [0.29, 0.717) is 11.8 Å².